The van der Waals surface area contributed by atoms with Crippen molar-refractivity contribution in [3.8, 4) is 0 Å². The second-order valence-corrected chi connectivity index (χ2v) is 9.14. The summed E-state index contributed by atoms with van der Waals surface area (Å²) in [4.78, 5) is 0. The normalized spacial score (nSPS) is 31.9. The fourth-order valence-corrected chi connectivity index (χ4v) is 4.74. The number of rotatable bonds is 11. The standard InChI is InChI=1S/C22H40O4/c1-3-17-15-18(16-17)9-7-11-20-13-8-12-19(20)10-5-4-6-14-21(2,23)22(24,25)26/h7,11,17-20,23-26H,3-6,8-10,12-16H2,1-2H3/b11-7+/t17?,18?,19-,20-,21?/m0/s1. The van der Waals surface area contributed by atoms with Crippen molar-refractivity contribution in [2.75, 3.05) is 0 Å². The van der Waals surface area contributed by atoms with E-state index >= 15 is 0 Å². The van der Waals surface area contributed by atoms with E-state index in [1.54, 1.807) is 0 Å². The average molecular weight is 369 g/mol. The zero-order valence-electron chi connectivity index (χ0n) is 16.7. The SMILES string of the molecule is CCC1CC(C/C=C/[C@H]2CCC[C@@H]2CCCCCC(C)(O)C(O)(O)O)C1. The van der Waals surface area contributed by atoms with Crippen molar-refractivity contribution in [3.63, 3.8) is 0 Å². The van der Waals surface area contributed by atoms with Gasteiger partial charge < -0.3 is 20.4 Å². The lowest BCUT2D eigenvalue weighted by Crippen LogP contribution is -2.52. The van der Waals surface area contributed by atoms with Gasteiger partial charge in [-0.3, -0.25) is 0 Å². The monoisotopic (exact) mass is 368 g/mol. The van der Waals surface area contributed by atoms with E-state index in [-0.39, 0.29) is 6.42 Å². The van der Waals surface area contributed by atoms with Crippen LogP contribution < -0.4 is 0 Å². The molecular formula is C22H40O4. The van der Waals surface area contributed by atoms with Gasteiger partial charge in [-0.15, -0.1) is 0 Å². The van der Waals surface area contributed by atoms with Crippen molar-refractivity contribution in [1.29, 1.82) is 0 Å². The summed E-state index contributed by atoms with van der Waals surface area (Å²) in [5.74, 6) is 0.414. The molecule has 152 valence electrons. The van der Waals surface area contributed by atoms with Gasteiger partial charge in [0.05, 0.1) is 0 Å². The number of allylic oxidation sites excluding steroid dienone is 2. The molecule has 4 nitrogen and oxygen atoms in total. The van der Waals surface area contributed by atoms with Crippen molar-refractivity contribution >= 4 is 0 Å². The van der Waals surface area contributed by atoms with Crippen LogP contribution in [0.1, 0.15) is 90.9 Å². The Balaban J connectivity index is 1.60. The number of unbranched alkanes of at least 4 members (excludes halogenated alkanes) is 2. The number of aliphatic hydroxyl groups is 4. The molecule has 4 N–H and O–H groups in total. The largest absolute Gasteiger partial charge is 0.382 e. The minimum absolute atomic E-state index is 0.185. The molecular weight excluding hydrogens is 328 g/mol. The summed E-state index contributed by atoms with van der Waals surface area (Å²) in [6.45, 7) is 3.56. The Morgan fingerprint density at radius 1 is 0.962 bits per heavy atom. The fourth-order valence-electron chi connectivity index (χ4n) is 4.74. The molecule has 2 aliphatic carbocycles. The third kappa shape index (κ3) is 6.33. The Morgan fingerprint density at radius 3 is 2.35 bits per heavy atom. The van der Waals surface area contributed by atoms with E-state index in [9.17, 15) is 5.11 Å². The van der Waals surface area contributed by atoms with E-state index in [2.05, 4.69) is 19.1 Å². The summed E-state index contributed by atoms with van der Waals surface area (Å²) in [7, 11) is 0. The lowest BCUT2D eigenvalue weighted by atomic mass is 9.72. The Kier molecular flexibility index (Phi) is 8.14. The molecule has 0 amide bonds. The van der Waals surface area contributed by atoms with E-state index in [1.807, 2.05) is 0 Å². The molecule has 0 bridgehead atoms. The molecule has 3 atom stereocenters. The van der Waals surface area contributed by atoms with E-state index in [4.69, 9.17) is 15.3 Å². The van der Waals surface area contributed by atoms with Crippen LogP contribution in [-0.2, 0) is 0 Å². The second-order valence-electron chi connectivity index (χ2n) is 9.14. The van der Waals surface area contributed by atoms with Gasteiger partial charge in [-0.1, -0.05) is 51.2 Å². The predicted molar refractivity (Wildman–Crippen MR) is 104 cm³/mol. The zero-order chi connectivity index (χ0) is 19.2. The lowest BCUT2D eigenvalue weighted by molar-refractivity contribution is -0.388. The molecule has 0 radical (unpaired) electrons. The van der Waals surface area contributed by atoms with Crippen LogP contribution in [0.15, 0.2) is 12.2 Å². The summed E-state index contributed by atoms with van der Waals surface area (Å²) in [5, 5.41) is 37.2. The van der Waals surface area contributed by atoms with Crippen molar-refractivity contribution in [2.45, 2.75) is 102 Å². The molecule has 0 aromatic rings. The highest BCUT2D eigenvalue weighted by molar-refractivity contribution is 4.97. The van der Waals surface area contributed by atoms with Crippen LogP contribution in [0, 0.1) is 23.7 Å². The van der Waals surface area contributed by atoms with Gasteiger partial charge in [-0.25, -0.2) is 0 Å². The van der Waals surface area contributed by atoms with Crippen molar-refractivity contribution < 1.29 is 20.4 Å². The molecule has 0 saturated heterocycles. The molecule has 0 heterocycles. The van der Waals surface area contributed by atoms with E-state index < -0.39 is 11.6 Å². The molecule has 26 heavy (non-hydrogen) atoms. The quantitative estimate of drug-likeness (QED) is 0.251. The maximum atomic E-state index is 9.84. The van der Waals surface area contributed by atoms with Crippen molar-refractivity contribution in [3.05, 3.63) is 12.2 Å². The molecule has 1 unspecified atom stereocenters. The van der Waals surface area contributed by atoms with Crippen LogP contribution in [0.3, 0.4) is 0 Å². The van der Waals surface area contributed by atoms with Crippen LogP contribution in [0.4, 0.5) is 0 Å². The van der Waals surface area contributed by atoms with Crippen LogP contribution in [0.25, 0.3) is 0 Å². The first-order valence-electron chi connectivity index (χ1n) is 10.8. The smallest absolute Gasteiger partial charge is 0.305 e. The number of hydrogen-bond donors (Lipinski definition) is 4. The van der Waals surface area contributed by atoms with Crippen LogP contribution in [0.5, 0.6) is 0 Å². The topological polar surface area (TPSA) is 80.9 Å². The van der Waals surface area contributed by atoms with E-state index in [0.29, 0.717) is 6.42 Å². The minimum atomic E-state index is -3.02. The summed E-state index contributed by atoms with van der Waals surface area (Å²) in [6.07, 6.45) is 18.5. The highest BCUT2D eigenvalue weighted by atomic mass is 16.7. The summed E-state index contributed by atoms with van der Waals surface area (Å²) < 4.78 is 0. The van der Waals surface area contributed by atoms with E-state index in [0.717, 1.165) is 36.5 Å². The molecule has 0 aromatic heterocycles. The molecule has 4 heteroatoms. The Bertz CT molecular complexity index is 432. The number of hydrogen-bond acceptors (Lipinski definition) is 4. The lowest BCUT2D eigenvalue weighted by Gasteiger charge is -2.34. The summed E-state index contributed by atoms with van der Waals surface area (Å²) in [6, 6.07) is 0. The third-order valence-corrected chi connectivity index (χ3v) is 6.94. The molecule has 2 fully saturated rings. The first-order chi connectivity index (χ1) is 12.2. The summed E-state index contributed by atoms with van der Waals surface area (Å²) in [5.41, 5.74) is -1.87. The van der Waals surface area contributed by atoms with Crippen molar-refractivity contribution in [1.82, 2.24) is 0 Å². The highest BCUT2D eigenvalue weighted by Crippen LogP contribution is 2.40. The van der Waals surface area contributed by atoms with Gasteiger partial charge in [0.2, 0.25) is 0 Å². The molecule has 0 aromatic carbocycles. The van der Waals surface area contributed by atoms with Gasteiger partial charge >= 0.3 is 5.97 Å². The first kappa shape index (κ1) is 21.9. The Morgan fingerprint density at radius 2 is 1.69 bits per heavy atom. The first-order valence-corrected chi connectivity index (χ1v) is 10.8. The van der Waals surface area contributed by atoms with Crippen LogP contribution in [0.2, 0.25) is 0 Å². The maximum absolute atomic E-state index is 9.84. The van der Waals surface area contributed by atoms with Crippen LogP contribution in [-0.4, -0.2) is 32.0 Å². The highest BCUT2D eigenvalue weighted by Gasteiger charge is 2.42. The molecule has 2 aliphatic rings. The predicted octanol–water partition coefficient (Wildman–Crippen LogP) is 4.12. The zero-order valence-corrected chi connectivity index (χ0v) is 16.7. The molecule has 0 aliphatic heterocycles. The van der Waals surface area contributed by atoms with E-state index in [1.165, 1.54) is 58.3 Å². The fraction of sp³-hybridized carbons (Fsp3) is 0.909. The van der Waals surface area contributed by atoms with Gasteiger partial charge in [0.1, 0.15) is 5.60 Å². The van der Waals surface area contributed by atoms with Gasteiger partial charge in [0.15, 0.2) is 0 Å². The second kappa shape index (κ2) is 9.68. The van der Waals surface area contributed by atoms with Crippen molar-refractivity contribution in [2.24, 2.45) is 23.7 Å². The Labute approximate surface area is 159 Å². The van der Waals surface area contributed by atoms with Gasteiger partial charge in [-0.2, -0.15) is 0 Å². The third-order valence-electron chi connectivity index (χ3n) is 6.94. The van der Waals surface area contributed by atoms with Crippen LogP contribution >= 0.6 is 0 Å². The minimum Gasteiger partial charge on any atom is -0.382 e. The van der Waals surface area contributed by atoms with Gasteiger partial charge in [0, 0.05) is 0 Å². The molecule has 2 rings (SSSR count). The Hall–Kier alpha value is -0.420. The van der Waals surface area contributed by atoms with Gasteiger partial charge in [0.25, 0.3) is 0 Å². The maximum Gasteiger partial charge on any atom is 0.305 e. The molecule has 2 saturated carbocycles. The summed E-state index contributed by atoms with van der Waals surface area (Å²) >= 11 is 0. The molecule has 0 spiro atoms. The average Bonchev–Trinajstić information content (AvgIpc) is 2.95. The van der Waals surface area contributed by atoms with Gasteiger partial charge in [-0.05, 0) is 75.5 Å².